The maximum Gasteiger partial charge on any atom is 0.272 e. The molecule has 30 heavy (non-hydrogen) atoms. The van der Waals surface area contributed by atoms with E-state index in [-0.39, 0.29) is 17.3 Å². The minimum absolute atomic E-state index is 0.0604. The van der Waals surface area contributed by atoms with Gasteiger partial charge in [0.15, 0.2) is 11.6 Å². The van der Waals surface area contributed by atoms with Crippen LogP contribution in [0.4, 0.5) is 10.1 Å². The van der Waals surface area contributed by atoms with Crippen LogP contribution in [0.1, 0.15) is 16.1 Å². The molecule has 0 saturated carbocycles. The number of thiophene rings is 1. The van der Waals surface area contributed by atoms with Gasteiger partial charge in [-0.05, 0) is 32.6 Å². The summed E-state index contributed by atoms with van der Waals surface area (Å²) in [6.45, 7) is 1.37. The Kier molecular flexibility index (Phi) is 5.35. The van der Waals surface area contributed by atoms with E-state index in [1.807, 2.05) is 19.0 Å². The number of aromatic nitrogens is 1. The summed E-state index contributed by atoms with van der Waals surface area (Å²) in [6.07, 6.45) is 2.44. The van der Waals surface area contributed by atoms with Crippen molar-refractivity contribution in [2.24, 2.45) is 0 Å². The zero-order valence-corrected chi connectivity index (χ0v) is 17.2. The monoisotopic (exact) mass is 430 g/mol. The molecule has 0 bridgehead atoms. The number of halogens is 1. The van der Waals surface area contributed by atoms with Gasteiger partial charge in [-0.2, -0.15) is 0 Å². The quantitative estimate of drug-likeness (QED) is 0.450. The number of likely N-dealkylation sites (N-methyl/N-ethyl adjacent to an activating group) is 1. The largest absolute Gasteiger partial charge is 0.453 e. The lowest BCUT2D eigenvalue weighted by atomic mass is 10.2. The summed E-state index contributed by atoms with van der Waals surface area (Å²) in [7, 11) is 4.01. The summed E-state index contributed by atoms with van der Waals surface area (Å²) in [5.74, 6) is -0.698. The van der Waals surface area contributed by atoms with Crippen molar-refractivity contribution in [2.45, 2.75) is 12.5 Å². The predicted octanol–water partition coefficient (Wildman–Crippen LogP) is 3.91. The molecule has 0 radical (unpaired) electrons. The topological polar surface area (TPSA) is 88.8 Å². The van der Waals surface area contributed by atoms with Crippen molar-refractivity contribution < 1.29 is 18.8 Å². The number of benzene rings is 1. The average molecular weight is 430 g/mol. The van der Waals surface area contributed by atoms with Crippen LogP contribution in [-0.4, -0.2) is 58.8 Å². The smallest absolute Gasteiger partial charge is 0.272 e. The molecule has 3 aromatic rings. The first-order valence-electron chi connectivity index (χ1n) is 9.29. The molecule has 3 heterocycles. The van der Waals surface area contributed by atoms with Gasteiger partial charge in [-0.1, -0.05) is 0 Å². The highest BCUT2D eigenvalue weighted by atomic mass is 32.1. The van der Waals surface area contributed by atoms with Gasteiger partial charge >= 0.3 is 0 Å². The van der Waals surface area contributed by atoms with E-state index in [2.05, 4.69) is 9.88 Å². The number of likely N-dealkylation sites (tertiary alicyclic amines) is 1. The van der Waals surface area contributed by atoms with Crippen LogP contribution >= 0.6 is 11.3 Å². The fourth-order valence-electron chi connectivity index (χ4n) is 3.41. The van der Waals surface area contributed by atoms with E-state index < -0.39 is 10.7 Å². The number of rotatable bonds is 5. The lowest BCUT2D eigenvalue weighted by molar-refractivity contribution is -0.385. The fraction of sp³-hybridized carbons (Fsp3) is 0.300. The van der Waals surface area contributed by atoms with Gasteiger partial charge in [0.1, 0.15) is 5.75 Å². The van der Waals surface area contributed by atoms with E-state index in [1.165, 1.54) is 29.7 Å². The van der Waals surface area contributed by atoms with Gasteiger partial charge in [-0.3, -0.25) is 19.9 Å². The molecule has 1 amide bonds. The molecule has 1 fully saturated rings. The first-order chi connectivity index (χ1) is 14.3. The lowest BCUT2D eigenvalue weighted by Gasteiger charge is -2.19. The summed E-state index contributed by atoms with van der Waals surface area (Å²) < 4.78 is 20.5. The summed E-state index contributed by atoms with van der Waals surface area (Å²) >= 11 is 1.24. The Bertz CT molecular complexity index is 1130. The normalized spacial score (nSPS) is 16.4. The minimum atomic E-state index is -0.839. The molecule has 8 nitrogen and oxygen atoms in total. The number of hydrogen-bond acceptors (Lipinski definition) is 7. The van der Waals surface area contributed by atoms with Crippen molar-refractivity contribution in [1.29, 1.82) is 0 Å². The van der Waals surface area contributed by atoms with Gasteiger partial charge in [-0.25, -0.2) is 4.39 Å². The van der Waals surface area contributed by atoms with Gasteiger partial charge < -0.3 is 14.5 Å². The zero-order chi connectivity index (χ0) is 21.4. The average Bonchev–Trinajstić information content (AvgIpc) is 3.36. The van der Waals surface area contributed by atoms with E-state index in [9.17, 15) is 19.3 Å². The third kappa shape index (κ3) is 3.83. The van der Waals surface area contributed by atoms with Crippen LogP contribution in [0.3, 0.4) is 0 Å². The Hall–Kier alpha value is -3.11. The van der Waals surface area contributed by atoms with E-state index in [1.54, 1.807) is 12.1 Å². The number of nitrogens with zero attached hydrogens (tertiary/aromatic N) is 4. The Morgan fingerprint density at radius 1 is 1.33 bits per heavy atom. The second kappa shape index (κ2) is 7.96. The SMILES string of the molecule is CN(C)[C@@H]1CCN(C(=O)c2cc3nccc(Oc4ccc([N+](=O)[O-])cc4F)c3s2)C1. The molecule has 2 aromatic heterocycles. The molecular formula is C20H19FN4O4S. The Labute approximate surface area is 175 Å². The van der Waals surface area contributed by atoms with Crippen LogP contribution in [0, 0.1) is 15.9 Å². The molecule has 0 unspecified atom stereocenters. The summed E-state index contributed by atoms with van der Waals surface area (Å²) in [5, 5.41) is 10.8. The molecule has 10 heteroatoms. The molecule has 0 aliphatic carbocycles. The van der Waals surface area contributed by atoms with Crippen LogP contribution < -0.4 is 4.74 Å². The van der Waals surface area contributed by atoms with Gasteiger partial charge in [-0.15, -0.1) is 11.3 Å². The maximum absolute atomic E-state index is 14.2. The van der Waals surface area contributed by atoms with E-state index in [4.69, 9.17) is 4.74 Å². The van der Waals surface area contributed by atoms with Crippen molar-refractivity contribution in [3.8, 4) is 11.5 Å². The fourth-order valence-corrected chi connectivity index (χ4v) is 4.44. The van der Waals surface area contributed by atoms with Gasteiger partial charge in [0.2, 0.25) is 0 Å². The Morgan fingerprint density at radius 3 is 2.80 bits per heavy atom. The molecule has 0 spiro atoms. The van der Waals surface area contributed by atoms with E-state index >= 15 is 0 Å². The highest BCUT2D eigenvalue weighted by Crippen LogP contribution is 2.37. The predicted molar refractivity (Wildman–Crippen MR) is 111 cm³/mol. The highest BCUT2D eigenvalue weighted by molar-refractivity contribution is 7.21. The molecule has 156 valence electrons. The second-order valence-corrected chi connectivity index (χ2v) is 8.32. The molecule has 4 rings (SSSR count). The highest BCUT2D eigenvalue weighted by Gasteiger charge is 2.29. The number of ether oxygens (including phenoxy) is 1. The Morgan fingerprint density at radius 2 is 2.13 bits per heavy atom. The number of non-ortho nitro benzene ring substituents is 1. The molecule has 1 aromatic carbocycles. The van der Waals surface area contributed by atoms with Crippen LogP contribution in [-0.2, 0) is 0 Å². The molecule has 1 atom stereocenters. The molecule has 0 N–H and O–H groups in total. The van der Waals surface area contributed by atoms with E-state index in [0.717, 1.165) is 12.5 Å². The third-order valence-electron chi connectivity index (χ3n) is 5.11. The van der Waals surface area contributed by atoms with Crippen molar-refractivity contribution in [1.82, 2.24) is 14.8 Å². The summed E-state index contributed by atoms with van der Waals surface area (Å²) in [6, 6.07) is 6.83. The molecule has 1 aliphatic heterocycles. The number of fused-ring (bicyclic) bond motifs is 1. The maximum atomic E-state index is 14.2. The Balaban J connectivity index is 1.60. The second-order valence-electron chi connectivity index (χ2n) is 7.27. The summed E-state index contributed by atoms with van der Waals surface area (Å²) in [5.41, 5.74) is 0.219. The van der Waals surface area contributed by atoms with Crippen molar-refractivity contribution in [3.05, 3.63) is 57.3 Å². The van der Waals surface area contributed by atoms with Gasteiger partial charge in [0.25, 0.3) is 11.6 Å². The number of amides is 1. The van der Waals surface area contributed by atoms with Crippen LogP contribution in [0.25, 0.3) is 10.2 Å². The van der Waals surface area contributed by atoms with Crippen molar-refractivity contribution in [2.75, 3.05) is 27.2 Å². The number of pyridine rings is 1. The zero-order valence-electron chi connectivity index (χ0n) is 16.4. The lowest BCUT2D eigenvalue weighted by Crippen LogP contribution is -2.34. The number of carbonyl (C=O) groups is 1. The number of nitro benzene ring substituents is 1. The number of nitro groups is 1. The molecule has 1 aliphatic rings. The van der Waals surface area contributed by atoms with Crippen LogP contribution in [0.15, 0.2) is 36.5 Å². The first kappa shape index (κ1) is 20.2. The molecule has 1 saturated heterocycles. The van der Waals surface area contributed by atoms with Crippen LogP contribution in [0.5, 0.6) is 11.5 Å². The van der Waals surface area contributed by atoms with E-state index in [0.29, 0.717) is 40.0 Å². The number of hydrogen-bond donors (Lipinski definition) is 0. The van der Waals surface area contributed by atoms with Crippen molar-refractivity contribution in [3.63, 3.8) is 0 Å². The van der Waals surface area contributed by atoms with Crippen LogP contribution in [0.2, 0.25) is 0 Å². The first-order valence-corrected chi connectivity index (χ1v) is 10.1. The standard InChI is InChI=1S/C20H19FN4O4S/c1-23(2)13-6-8-24(11-13)20(26)18-10-15-19(30-18)17(5-7-22-15)29-16-4-3-12(25(27)28)9-14(16)21/h3-5,7,9-10,13H,6,8,11H2,1-2H3/t13-/m1/s1. The molecular weight excluding hydrogens is 411 g/mol. The summed E-state index contributed by atoms with van der Waals surface area (Å²) in [4.78, 5) is 31.8. The third-order valence-corrected chi connectivity index (χ3v) is 6.24. The minimum Gasteiger partial charge on any atom is -0.453 e. The van der Waals surface area contributed by atoms with Gasteiger partial charge in [0, 0.05) is 37.5 Å². The van der Waals surface area contributed by atoms with Gasteiger partial charge in [0.05, 0.1) is 26.1 Å². The van der Waals surface area contributed by atoms with Crippen molar-refractivity contribution >= 4 is 33.1 Å². The number of carbonyl (C=O) groups excluding carboxylic acids is 1.